The quantitative estimate of drug-likeness (QED) is 0.823. The molecule has 2 rings (SSSR count). The lowest BCUT2D eigenvalue weighted by atomic mass is 10.2. The Morgan fingerprint density at radius 2 is 2.16 bits per heavy atom. The van der Waals surface area contributed by atoms with Gasteiger partial charge in [0.15, 0.2) is 5.13 Å². The molecule has 0 saturated heterocycles. The van der Waals surface area contributed by atoms with E-state index >= 15 is 0 Å². The lowest BCUT2D eigenvalue weighted by Gasteiger charge is -2.02. The second-order valence-electron chi connectivity index (χ2n) is 3.89. The molecule has 0 fully saturated rings. The third kappa shape index (κ3) is 4.06. The Bertz CT molecular complexity index is 525. The van der Waals surface area contributed by atoms with Gasteiger partial charge in [0.25, 0.3) is 0 Å². The van der Waals surface area contributed by atoms with E-state index in [9.17, 15) is 4.79 Å². The third-order valence-corrected chi connectivity index (χ3v) is 3.28. The van der Waals surface area contributed by atoms with Crippen molar-refractivity contribution in [3.63, 3.8) is 0 Å². The minimum atomic E-state index is -0.185. The first-order valence-corrected chi connectivity index (χ1v) is 7.08. The zero-order chi connectivity index (χ0) is 13.5. The molecule has 0 unspecified atom stereocenters. The molecular formula is C14H16N2O2S. The highest BCUT2D eigenvalue weighted by Gasteiger charge is 2.05. The lowest BCUT2D eigenvalue weighted by Crippen LogP contribution is -2.11. The number of rotatable bonds is 6. The van der Waals surface area contributed by atoms with E-state index in [1.165, 1.54) is 11.3 Å². The maximum atomic E-state index is 11.2. The maximum Gasteiger partial charge on any atom is 0.307 e. The highest BCUT2D eigenvalue weighted by molar-refractivity contribution is 7.14. The summed E-state index contributed by atoms with van der Waals surface area (Å²) in [6.07, 6.45) is 0.355. The molecule has 1 aromatic heterocycles. The third-order valence-electron chi connectivity index (χ3n) is 2.48. The van der Waals surface area contributed by atoms with E-state index in [1.807, 2.05) is 35.7 Å². The first-order valence-electron chi connectivity index (χ1n) is 6.20. The van der Waals surface area contributed by atoms with Crippen molar-refractivity contribution >= 4 is 22.4 Å². The van der Waals surface area contributed by atoms with Crippen LogP contribution in [0.1, 0.15) is 13.3 Å². The number of aromatic nitrogens is 1. The second-order valence-corrected chi connectivity index (χ2v) is 4.74. The van der Waals surface area contributed by atoms with Gasteiger partial charge in [-0.15, -0.1) is 11.3 Å². The summed E-state index contributed by atoms with van der Waals surface area (Å²) in [5, 5.41) is 5.96. The van der Waals surface area contributed by atoms with Crippen molar-refractivity contribution in [2.24, 2.45) is 0 Å². The van der Waals surface area contributed by atoms with E-state index in [4.69, 9.17) is 4.74 Å². The number of esters is 1. The van der Waals surface area contributed by atoms with E-state index in [-0.39, 0.29) is 5.97 Å². The number of anilines is 1. The van der Waals surface area contributed by atoms with Crippen LogP contribution in [0.2, 0.25) is 0 Å². The summed E-state index contributed by atoms with van der Waals surface area (Å²) in [4.78, 5) is 15.7. The highest BCUT2D eigenvalue weighted by Crippen LogP contribution is 2.24. The molecule has 100 valence electrons. The monoisotopic (exact) mass is 276 g/mol. The van der Waals surface area contributed by atoms with Gasteiger partial charge < -0.3 is 10.1 Å². The van der Waals surface area contributed by atoms with Gasteiger partial charge >= 0.3 is 5.97 Å². The number of hydrogen-bond donors (Lipinski definition) is 1. The molecule has 1 aromatic carbocycles. The zero-order valence-corrected chi connectivity index (χ0v) is 11.6. The largest absolute Gasteiger partial charge is 0.466 e. The van der Waals surface area contributed by atoms with Crippen LogP contribution in [0.5, 0.6) is 0 Å². The summed E-state index contributed by atoms with van der Waals surface area (Å²) in [6.45, 7) is 2.77. The summed E-state index contributed by atoms with van der Waals surface area (Å²) in [7, 11) is 0. The standard InChI is InChI=1S/C14H16N2O2S/c1-2-18-13(17)8-9-15-14-16-12(10-19-14)11-6-4-3-5-7-11/h3-7,10H,2,8-9H2,1H3,(H,15,16). The first kappa shape index (κ1) is 13.5. The van der Waals surface area contributed by atoms with Crippen molar-refractivity contribution in [3.8, 4) is 11.3 Å². The summed E-state index contributed by atoms with van der Waals surface area (Å²) < 4.78 is 4.86. The predicted molar refractivity (Wildman–Crippen MR) is 77.3 cm³/mol. The van der Waals surface area contributed by atoms with Crippen molar-refractivity contribution in [1.29, 1.82) is 0 Å². The topological polar surface area (TPSA) is 51.2 Å². The van der Waals surface area contributed by atoms with Crippen LogP contribution in [-0.2, 0) is 9.53 Å². The van der Waals surface area contributed by atoms with E-state index in [0.717, 1.165) is 16.4 Å². The van der Waals surface area contributed by atoms with Crippen molar-refractivity contribution in [1.82, 2.24) is 4.98 Å². The van der Waals surface area contributed by atoms with Crippen LogP contribution in [-0.4, -0.2) is 24.1 Å². The number of carbonyl (C=O) groups excluding carboxylic acids is 1. The average Bonchev–Trinajstić information content (AvgIpc) is 2.89. The number of carbonyl (C=O) groups is 1. The smallest absolute Gasteiger partial charge is 0.307 e. The minimum Gasteiger partial charge on any atom is -0.466 e. The van der Waals surface area contributed by atoms with Gasteiger partial charge in [-0.1, -0.05) is 30.3 Å². The molecule has 5 heteroatoms. The SMILES string of the molecule is CCOC(=O)CCNc1nc(-c2ccccc2)cs1. The molecule has 0 saturated carbocycles. The van der Waals surface area contributed by atoms with Crippen LogP contribution in [0.25, 0.3) is 11.3 Å². The van der Waals surface area contributed by atoms with Crippen LogP contribution >= 0.6 is 11.3 Å². The van der Waals surface area contributed by atoms with Crippen LogP contribution in [0.3, 0.4) is 0 Å². The Morgan fingerprint density at radius 3 is 2.89 bits per heavy atom. The van der Waals surface area contributed by atoms with Gasteiger partial charge in [0.1, 0.15) is 0 Å². The fraction of sp³-hybridized carbons (Fsp3) is 0.286. The molecule has 0 amide bonds. The van der Waals surface area contributed by atoms with Gasteiger partial charge in [-0.25, -0.2) is 4.98 Å². The number of nitrogens with one attached hydrogen (secondary N) is 1. The van der Waals surface area contributed by atoms with E-state index in [1.54, 1.807) is 6.92 Å². The number of thiazole rings is 1. The van der Waals surface area contributed by atoms with Crippen molar-refractivity contribution in [2.45, 2.75) is 13.3 Å². The molecule has 0 aliphatic rings. The fourth-order valence-corrected chi connectivity index (χ4v) is 2.35. The van der Waals surface area contributed by atoms with Crippen molar-refractivity contribution < 1.29 is 9.53 Å². The van der Waals surface area contributed by atoms with Gasteiger partial charge in [-0.2, -0.15) is 0 Å². The Kier molecular flexibility index (Phi) is 4.92. The Balaban J connectivity index is 1.86. The normalized spacial score (nSPS) is 10.2. The van der Waals surface area contributed by atoms with Crippen LogP contribution in [0.4, 0.5) is 5.13 Å². The Morgan fingerprint density at radius 1 is 1.37 bits per heavy atom. The van der Waals surface area contributed by atoms with Gasteiger partial charge in [-0.05, 0) is 6.92 Å². The molecule has 0 atom stereocenters. The van der Waals surface area contributed by atoms with Gasteiger partial charge in [0.05, 0.1) is 18.7 Å². The lowest BCUT2D eigenvalue weighted by molar-refractivity contribution is -0.142. The number of ether oxygens (including phenoxy) is 1. The summed E-state index contributed by atoms with van der Waals surface area (Å²) in [5.41, 5.74) is 2.04. The summed E-state index contributed by atoms with van der Waals surface area (Å²) >= 11 is 1.54. The predicted octanol–water partition coefficient (Wildman–Crippen LogP) is 3.18. The molecule has 1 N–H and O–H groups in total. The molecule has 0 aliphatic carbocycles. The average molecular weight is 276 g/mol. The highest BCUT2D eigenvalue weighted by atomic mass is 32.1. The summed E-state index contributed by atoms with van der Waals surface area (Å²) in [5.74, 6) is -0.185. The molecule has 0 spiro atoms. The van der Waals surface area contributed by atoms with Gasteiger partial charge in [-0.3, -0.25) is 4.79 Å². The number of benzene rings is 1. The molecule has 4 nitrogen and oxygen atoms in total. The van der Waals surface area contributed by atoms with Gasteiger partial charge in [0, 0.05) is 17.5 Å². The minimum absolute atomic E-state index is 0.185. The first-order chi connectivity index (χ1) is 9.29. The molecule has 1 heterocycles. The molecule has 2 aromatic rings. The number of hydrogen-bond acceptors (Lipinski definition) is 5. The molecule has 19 heavy (non-hydrogen) atoms. The van der Waals surface area contributed by atoms with E-state index < -0.39 is 0 Å². The van der Waals surface area contributed by atoms with Crippen molar-refractivity contribution in [2.75, 3.05) is 18.5 Å². The van der Waals surface area contributed by atoms with E-state index in [0.29, 0.717) is 19.6 Å². The second kappa shape index (κ2) is 6.89. The van der Waals surface area contributed by atoms with Crippen LogP contribution in [0.15, 0.2) is 35.7 Å². The Hall–Kier alpha value is -1.88. The Labute approximate surface area is 116 Å². The molecule has 0 radical (unpaired) electrons. The van der Waals surface area contributed by atoms with Crippen LogP contribution in [0, 0.1) is 0 Å². The van der Waals surface area contributed by atoms with Gasteiger partial charge in [0.2, 0.25) is 0 Å². The van der Waals surface area contributed by atoms with Crippen LogP contribution < -0.4 is 5.32 Å². The number of nitrogens with zero attached hydrogens (tertiary/aromatic N) is 1. The maximum absolute atomic E-state index is 11.2. The molecule has 0 bridgehead atoms. The fourth-order valence-electron chi connectivity index (χ4n) is 1.60. The van der Waals surface area contributed by atoms with Crippen molar-refractivity contribution in [3.05, 3.63) is 35.7 Å². The molecular weight excluding hydrogens is 260 g/mol. The van der Waals surface area contributed by atoms with E-state index in [2.05, 4.69) is 10.3 Å². The summed E-state index contributed by atoms with van der Waals surface area (Å²) in [6, 6.07) is 10.0. The molecule has 0 aliphatic heterocycles. The zero-order valence-electron chi connectivity index (χ0n) is 10.8.